The molecule has 1 atom stereocenters. The summed E-state index contributed by atoms with van der Waals surface area (Å²) in [5, 5.41) is 3.17. The van der Waals surface area contributed by atoms with E-state index in [1.807, 2.05) is 4.90 Å². The summed E-state index contributed by atoms with van der Waals surface area (Å²) in [5.41, 5.74) is 0.563. The predicted molar refractivity (Wildman–Crippen MR) is 97.4 cm³/mol. The molecule has 2 heterocycles. The number of urea groups is 1. The maximum atomic E-state index is 13.1. The fourth-order valence-corrected chi connectivity index (χ4v) is 4.65. The lowest BCUT2D eigenvalue weighted by atomic mass is 9.86. The molecule has 140 valence electrons. The molecule has 0 aromatic heterocycles. The highest BCUT2D eigenvalue weighted by molar-refractivity contribution is 5.96. The minimum Gasteiger partial charge on any atom is -0.335 e. The molecule has 4 rings (SSSR count). The van der Waals surface area contributed by atoms with Crippen LogP contribution in [0.5, 0.6) is 0 Å². The highest BCUT2D eigenvalue weighted by Crippen LogP contribution is 2.41. The van der Waals surface area contributed by atoms with Crippen LogP contribution in [0.2, 0.25) is 0 Å². The second-order valence-electron chi connectivity index (χ2n) is 8.09. The lowest BCUT2D eigenvalue weighted by Crippen LogP contribution is -2.45. The molecule has 2 saturated heterocycles. The molecule has 0 bridgehead atoms. The number of carbonyl (C=O) groups is 2. The summed E-state index contributed by atoms with van der Waals surface area (Å²) in [6, 6.07) is 6.37. The van der Waals surface area contributed by atoms with E-state index >= 15 is 0 Å². The second-order valence-corrected chi connectivity index (χ2v) is 8.09. The molecule has 1 aromatic rings. The van der Waals surface area contributed by atoms with Crippen LogP contribution >= 0.6 is 0 Å². The van der Waals surface area contributed by atoms with E-state index in [9.17, 15) is 14.0 Å². The number of likely N-dealkylation sites (tertiary alicyclic amines) is 1. The van der Waals surface area contributed by atoms with Gasteiger partial charge in [0.05, 0.1) is 0 Å². The number of rotatable bonds is 2. The van der Waals surface area contributed by atoms with Gasteiger partial charge in [-0.05, 0) is 43.5 Å². The van der Waals surface area contributed by atoms with E-state index < -0.39 is 0 Å². The Balaban J connectivity index is 1.38. The van der Waals surface area contributed by atoms with Gasteiger partial charge in [0.2, 0.25) is 5.91 Å². The summed E-state index contributed by atoms with van der Waals surface area (Å²) in [4.78, 5) is 28.7. The van der Waals surface area contributed by atoms with Gasteiger partial charge in [0.15, 0.2) is 0 Å². The Morgan fingerprint density at radius 3 is 2.58 bits per heavy atom. The molecule has 5 nitrogen and oxygen atoms in total. The van der Waals surface area contributed by atoms with Crippen LogP contribution in [0.25, 0.3) is 0 Å². The van der Waals surface area contributed by atoms with E-state index in [1.54, 1.807) is 17.0 Å². The number of hydrogen-bond acceptors (Lipinski definition) is 2. The fourth-order valence-electron chi connectivity index (χ4n) is 4.65. The van der Waals surface area contributed by atoms with Crippen LogP contribution in [0, 0.1) is 11.2 Å². The van der Waals surface area contributed by atoms with Crippen LogP contribution in [0.1, 0.15) is 44.9 Å². The Morgan fingerprint density at radius 1 is 1.12 bits per heavy atom. The zero-order valence-electron chi connectivity index (χ0n) is 15.0. The van der Waals surface area contributed by atoms with Crippen LogP contribution < -0.4 is 10.2 Å². The Hall–Kier alpha value is -2.11. The van der Waals surface area contributed by atoms with E-state index in [2.05, 4.69) is 5.32 Å². The minimum absolute atomic E-state index is 0.0152. The first-order chi connectivity index (χ1) is 12.5. The smallest absolute Gasteiger partial charge is 0.317 e. The first-order valence-electron chi connectivity index (χ1n) is 9.66. The highest BCUT2D eigenvalue weighted by atomic mass is 19.1. The normalized spacial score (nSPS) is 26.7. The summed E-state index contributed by atoms with van der Waals surface area (Å²) in [6.07, 6.45) is 7.09. The lowest BCUT2D eigenvalue weighted by molar-refractivity contribution is -0.117. The number of halogens is 1. The highest BCUT2D eigenvalue weighted by Gasteiger charge is 2.48. The van der Waals surface area contributed by atoms with Gasteiger partial charge in [0.1, 0.15) is 5.82 Å². The molecule has 2 aliphatic heterocycles. The van der Waals surface area contributed by atoms with Gasteiger partial charge in [-0.3, -0.25) is 4.79 Å². The monoisotopic (exact) mass is 359 g/mol. The Bertz CT molecular complexity index is 687. The Kier molecular flexibility index (Phi) is 4.59. The molecule has 3 amide bonds. The lowest BCUT2D eigenvalue weighted by Gasteiger charge is -2.27. The van der Waals surface area contributed by atoms with Crippen LogP contribution in [-0.4, -0.2) is 42.5 Å². The largest absolute Gasteiger partial charge is 0.335 e. The van der Waals surface area contributed by atoms with Gasteiger partial charge in [-0.1, -0.05) is 19.3 Å². The van der Waals surface area contributed by atoms with Crippen molar-refractivity contribution in [1.29, 1.82) is 0 Å². The van der Waals surface area contributed by atoms with Crippen molar-refractivity contribution >= 4 is 17.6 Å². The van der Waals surface area contributed by atoms with Crippen LogP contribution in [0.3, 0.4) is 0 Å². The number of nitrogens with one attached hydrogen (secondary N) is 1. The van der Waals surface area contributed by atoms with Crippen LogP contribution in [0.4, 0.5) is 14.9 Å². The molecular formula is C20H26FN3O2. The van der Waals surface area contributed by atoms with Crippen molar-refractivity contribution in [2.24, 2.45) is 5.41 Å². The molecule has 3 aliphatic rings. The summed E-state index contributed by atoms with van der Waals surface area (Å²) >= 11 is 0. The van der Waals surface area contributed by atoms with Gasteiger partial charge >= 0.3 is 6.03 Å². The number of anilines is 1. The third-order valence-corrected chi connectivity index (χ3v) is 6.12. The van der Waals surface area contributed by atoms with Crippen molar-refractivity contribution in [3.63, 3.8) is 0 Å². The number of amides is 3. The average Bonchev–Trinajstić information content (AvgIpc) is 3.20. The summed E-state index contributed by atoms with van der Waals surface area (Å²) < 4.78 is 13.1. The standard InChI is InChI=1S/C20H26FN3O2/c21-15-6-8-17(9-7-15)24-14-20(12-18(24)25)10-11-23(13-20)19(26)22-16-4-2-1-3-5-16/h6-9,16H,1-5,10-14H2,(H,22,26). The number of carbonyl (C=O) groups excluding carboxylic acids is 2. The van der Waals surface area contributed by atoms with Gasteiger partial charge in [-0.15, -0.1) is 0 Å². The Morgan fingerprint density at radius 2 is 1.85 bits per heavy atom. The molecular weight excluding hydrogens is 333 g/mol. The molecule has 1 aliphatic carbocycles. The first kappa shape index (κ1) is 17.3. The van der Waals surface area contributed by atoms with Crippen molar-refractivity contribution in [2.45, 2.75) is 51.0 Å². The van der Waals surface area contributed by atoms with Crippen LogP contribution in [-0.2, 0) is 4.79 Å². The zero-order valence-corrected chi connectivity index (χ0v) is 15.0. The van der Waals surface area contributed by atoms with Gasteiger partial charge in [0, 0.05) is 43.2 Å². The molecule has 0 radical (unpaired) electrons. The second kappa shape index (κ2) is 6.89. The predicted octanol–water partition coefficient (Wildman–Crippen LogP) is 3.30. The molecule has 1 saturated carbocycles. The third-order valence-electron chi connectivity index (χ3n) is 6.12. The summed E-state index contributed by atoms with van der Waals surface area (Å²) in [6.45, 7) is 1.92. The van der Waals surface area contributed by atoms with Crippen LogP contribution in [0.15, 0.2) is 24.3 Å². The number of benzene rings is 1. The van der Waals surface area contributed by atoms with Gasteiger partial charge in [-0.25, -0.2) is 9.18 Å². The van der Waals surface area contributed by atoms with Gasteiger partial charge in [0.25, 0.3) is 0 Å². The van der Waals surface area contributed by atoms with E-state index in [0.717, 1.165) is 24.9 Å². The van der Waals surface area contributed by atoms with E-state index in [4.69, 9.17) is 0 Å². The van der Waals surface area contributed by atoms with E-state index in [-0.39, 0.29) is 23.2 Å². The third kappa shape index (κ3) is 3.41. The molecule has 1 spiro atoms. The molecule has 1 unspecified atom stereocenters. The van der Waals surface area contributed by atoms with Gasteiger partial charge in [-0.2, -0.15) is 0 Å². The number of nitrogens with zero attached hydrogens (tertiary/aromatic N) is 2. The SMILES string of the molecule is O=C(NC1CCCCC1)N1CCC2(CC(=O)N(c3ccc(F)cc3)C2)C1. The molecule has 1 aromatic carbocycles. The van der Waals surface area contributed by atoms with Crippen molar-refractivity contribution in [2.75, 3.05) is 24.5 Å². The van der Waals surface area contributed by atoms with Crippen molar-refractivity contribution < 1.29 is 14.0 Å². The molecule has 3 fully saturated rings. The van der Waals surface area contributed by atoms with Gasteiger partial charge < -0.3 is 15.1 Å². The van der Waals surface area contributed by atoms with Crippen molar-refractivity contribution in [3.8, 4) is 0 Å². The topological polar surface area (TPSA) is 52.7 Å². The summed E-state index contributed by atoms with van der Waals surface area (Å²) in [5.74, 6) is -0.243. The average molecular weight is 359 g/mol. The fraction of sp³-hybridized carbons (Fsp3) is 0.600. The number of hydrogen-bond donors (Lipinski definition) is 1. The maximum absolute atomic E-state index is 13.1. The molecule has 6 heteroatoms. The van der Waals surface area contributed by atoms with Crippen molar-refractivity contribution in [1.82, 2.24) is 10.2 Å². The molecule has 1 N–H and O–H groups in total. The first-order valence-corrected chi connectivity index (χ1v) is 9.66. The quantitative estimate of drug-likeness (QED) is 0.881. The van der Waals surface area contributed by atoms with Crippen molar-refractivity contribution in [3.05, 3.63) is 30.1 Å². The van der Waals surface area contributed by atoms with E-state index in [1.165, 1.54) is 31.4 Å². The summed E-state index contributed by atoms with van der Waals surface area (Å²) in [7, 11) is 0. The maximum Gasteiger partial charge on any atom is 0.317 e. The van der Waals surface area contributed by atoms with E-state index in [0.29, 0.717) is 32.1 Å². The minimum atomic E-state index is -0.304. The Labute approximate surface area is 153 Å². The molecule has 26 heavy (non-hydrogen) atoms. The zero-order chi connectivity index (χ0) is 18.1.